The van der Waals surface area contributed by atoms with E-state index >= 15 is 0 Å². The number of hydrogen-bond acceptors (Lipinski definition) is 5. The van der Waals surface area contributed by atoms with E-state index < -0.39 is 11.6 Å². The minimum atomic E-state index is -1.50. The molecular weight excluding hydrogens is 358 g/mol. The molecule has 1 aromatic heterocycles. The van der Waals surface area contributed by atoms with E-state index in [0.29, 0.717) is 10.4 Å². The van der Waals surface area contributed by atoms with Crippen molar-refractivity contribution in [3.05, 3.63) is 33.6 Å². The summed E-state index contributed by atoms with van der Waals surface area (Å²) in [5, 5.41) is 9.77. The number of carboxylic acid groups (broad SMARTS) is 1. The van der Waals surface area contributed by atoms with Crippen molar-refractivity contribution < 1.29 is 14.6 Å². The van der Waals surface area contributed by atoms with Gasteiger partial charge in [0.05, 0.1) is 27.8 Å². The molecule has 0 atom stereocenters. The van der Waals surface area contributed by atoms with Gasteiger partial charge in [0, 0.05) is 32.2 Å². The van der Waals surface area contributed by atoms with Crippen molar-refractivity contribution in [2.24, 2.45) is 0 Å². The molecule has 1 N–H and O–H groups in total. The van der Waals surface area contributed by atoms with Gasteiger partial charge in [-0.25, -0.2) is 4.79 Å². The predicted octanol–water partition coefficient (Wildman–Crippen LogP) is 2.80. The van der Waals surface area contributed by atoms with Crippen LogP contribution in [0, 0.1) is 0 Å². The van der Waals surface area contributed by atoms with Crippen molar-refractivity contribution in [2.45, 2.75) is 18.9 Å². The zero-order valence-electron chi connectivity index (χ0n) is 14.4. The molecule has 2 aromatic rings. The molecule has 0 radical (unpaired) electrons. The van der Waals surface area contributed by atoms with Gasteiger partial charge in [-0.1, -0.05) is 11.6 Å². The lowest BCUT2D eigenvalue weighted by Gasteiger charge is -2.34. The molecule has 8 heteroatoms. The molecule has 26 heavy (non-hydrogen) atoms. The van der Waals surface area contributed by atoms with Crippen LogP contribution < -0.4 is 15.1 Å². The second kappa shape index (κ2) is 6.48. The SMILES string of the molecule is CN1CCN(c2cc3c(cc2Cl)c(=O)c(OC(=O)O)cn3C2CC2)CC1. The first-order valence-electron chi connectivity index (χ1n) is 8.66. The molecule has 1 aliphatic carbocycles. The number of benzene rings is 1. The maximum Gasteiger partial charge on any atom is 0.511 e. The number of fused-ring (bicyclic) bond motifs is 1. The molecule has 138 valence electrons. The van der Waals surface area contributed by atoms with Gasteiger partial charge in [-0.05, 0) is 32.0 Å². The van der Waals surface area contributed by atoms with Crippen molar-refractivity contribution in [3.8, 4) is 5.75 Å². The van der Waals surface area contributed by atoms with E-state index in [1.807, 2.05) is 10.6 Å². The summed E-state index contributed by atoms with van der Waals surface area (Å²) in [7, 11) is 2.09. The Kier molecular flexibility index (Phi) is 4.28. The number of ether oxygens (including phenoxy) is 1. The summed E-state index contributed by atoms with van der Waals surface area (Å²) in [5.41, 5.74) is 1.23. The second-order valence-corrected chi connectivity index (χ2v) is 7.35. The van der Waals surface area contributed by atoms with Gasteiger partial charge in [0.25, 0.3) is 0 Å². The molecule has 0 unspecified atom stereocenters. The third kappa shape index (κ3) is 3.12. The minimum Gasteiger partial charge on any atom is -0.449 e. The molecule has 0 bridgehead atoms. The first-order chi connectivity index (χ1) is 12.4. The van der Waals surface area contributed by atoms with Crippen molar-refractivity contribution in [1.82, 2.24) is 9.47 Å². The van der Waals surface area contributed by atoms with Gasteiger partial charge in [0.15, 0.2) is 5.75 Å². The molecular formula is C18H20ClN3O4. The normalized spacial score (nSPS) is 18.3. The fourth-order valence-corrected chi connectivity index (χ4v) is 3.73. The quantitative estimate of drug-likeness (QED) is 0.829. The zero-order valence-corrected chi connectivity index (χ0v) is 15.2. The van der Waals surface area contributed by atoms with Crippen molar-refractivity contribution in [2.75, 3.05) is 38.1 Å². The van der Waals surface area contributed by atoms with Gasteiger partial charge in [0.2, 0.25) is 5.43 Å². The Bertz CT molecular complexity index is 930. The highest BCUT2D eigenvalue weighted by atomic mass is 35.5. The third-order valence-corrected chi connectivity index (χ3v) is 5.35. The highest BCUT2D eigenvalue weighted by Crippen LogP contribution is 2.39. The number of anilines is 1. The Morgan fingerprint density at radius 1 is 1.23 bits per heavy atom. The summed E-state index contributed by atoms with van der Waals surface area (Å²) < 4.78 is 6.64. The van der Waals surface area contributed by atoms with Crippen molar-refractivity contribution in [1.29, 1.82) is 0 Å². The van der Waals surface area contributed by atoms with Gasteiger partial charge in [-0.3, -0.25) is 4.79 Å². The number of aromatic nitrogens is 1. The van der Waals surface area contributed by atoms with Crippen LogP contribution in [0.2, 0.25) is 5.02 Å². The molecule has 1 aromatic carbocycles. The number of rotatable bonds is 3. The smallest absolute Gasteiger partial charge is 0.449 e. The third-order valence-electron chi connectivity index (χ3n) is 5.05. The summed E-state index contributed by atoms with van der Waals surface area (Å²) in [5.74, 6) is -0.180. The fraction of sp³-hybridized carbons (Fsp3) is 0.444. The minimum absolute atomic E-state index is 0.180. The van der Waals surface area contributed by atoms with E-state index in [-0.39, 0.29) is 11.8 Å². The van der Waals surface area contributed by atoms with E-state index in [0.717, 1.165) is 50.2 Å². The zero-order chi connectivity index (χ0) is 18.4. The number of piperazine rings is 1. The molecule has 2 fully saturated rings. The Morgan fingerprint density at radius 3 is 2.54 bits per heavy atom. The summed E-state index contributed by atoms with van der Waals surface area (Å²) in [6.07, 6.45) is 2.01. The van der Waals surface area contributed by atoms with Gasteiger partial charge in [-0.15, -0.1) is 0 Å². The van der Waals surface area contributed by atoms with Gasteiger partial charge < -0.3 is 24.2 Å². The maximum atomic E-state index is 12.7. The lowest BCUT2D eigenvalue weighted by Crippen LogP contribution is -2.44. The Morgan fingerprint density at radius 2 is 1.92 bits per heavy atom. The van der Waals surface area contributed by atoms with Crippen LogP contribution in [-0.4, -0.2) is 54.0 Å². The second-order valence-electron chi connectivity index (χ2n) is 6.94. The van der Waals surface area contributed by atoms with E-state index in [4.69, 9.17) is 21.4 Å². The standard InChI is InChI=1S/C18H20ClN3O4/c1-20-4-6-21(7-5-20)15-9-14-12(8-13(15)19)17(23)16(26-18(24)25)10-22(14)11-2-3-11/h8-11H,2-7H2,1H3,(H,24,25). The van der Waals surface area contributed by atoms with Crippen LogP contribution in [0.15, 0.2) is 23.1 Å². The number of carbonyl (C=O) groups is 1. The number of hydrogen-bond donors (Lipinski definition) is 1. The summed E-state index contributed by atoms with van der Waals surface area (Å²) >= 11 is 6.49. The van der Waals surface area contributed by atoms with Crippen LogP contribution >= 0.6 is 11.6 Å². The molecule has 1 saturated heterocycles. The predicted molar refractivity (Wildman–Crippen MR) is 99.9 cm³/mol. The average molecular weight is 378 g/mol. The first kappa shape index (κ1) is 17.2. The molecule has 2 heterocycles. The maximum absolute atomic E-state index is 12.7. The molecule has 1 saturated carbocycles. The van der Waals surface area contributed by atoms with E-state index in [1.165, 1.54) is 6.20 Å². The number of likely N-dealkylation sites (N-methyl/N-ethyl adjacent to an activating group) is 1. The monoisotopic (exact) mass is 377 g/mol. The molecule has 7 nitrogen and oxygen atoms in total. The molecule has 0 amide bonds. The molecule has 1 aliphatic heterocycles. The first-order valence-corrected chi connectivity index (χ1v) is 9.04. The highest BCUT2D eigenvalue weighted by molar-refractivity contribution is 6.34. The lowest BCUT2D eigenvalue weighted by atomic mass is 10.1. The highest BCUT2D eigenvalue weighted by Gasteiger charge is 2.27. The van der Waals surface area contributed by atoms with E-state index in [2.05, 4.69) is 16.8 Å². The van der Waals surface area contributed by atoms with Crippen LogP contribution in [0.5, 0.6) is 5.75 Å². The number of pyridine rings is 1. The fourth-order valence-electron chi connectivity index (χ4n) is 3.44. The molecule has 4 rings (SSSR count). The topological polar surface area (TPSA) is 75.0 Å². The Labute approximate surface area is 155 Å². The summed E-state index contributed by atoms with van der Waals surface area (Å²) in [6.45, 7) is 3.65. The average Bonchev–Trinajstić information content (AvgIpc) is 3.43. The Hall–Kier alpha value is -2.25. The van der Waals surface area contributed by atoms with E-state index in [9.17, 15) is 9.59 Å². The van der Waals surface area contributed by atoms with Crippen LogP contribution in [0.25, 0.3) is 10.9 Å². The van der Waals surface area contributed by atoms with Crippen molar-refractivity contribution >= 4 is 34.3 Å². The Balaban J connectivity index is 1.85. The number of halogens is 1. The van der Waals surface area contributed by atoms with Crippen molar-refractivity contribution in [3.63, 3.8) is 0 Å². The largest absolute Gasteiger partial charge is 0.511 e. The van der Waals surface area contributed by atoms with Crippen LogP contribution in [-0.2, 0) is 0 Å². The van der Waals surface area contributed by atoms with Crippen LogP contribution in [0.3, 0.4) is 0 Å². The molecule has 2 aliphatic rings. The lowest BCUT2D eigenvalue weighted by molar-refractivity contribution is 0.143. The summed E-state index contributed by atoms with van der Waals surface area (Å²) in [4.78, 5) is 28.1. The number of nitrogens with zero attached hydrogens (tertiary/aromatic N) is 3. The van der Waals surface area contributed by atoms with Gasteiger partial charge in [0.1, 0.15) is 0 Å². The van der Waals surface area contributed by atoms with Crippen LogP contribution in [0.1, 0.15) is 18.9 Å². The van der Waals surface area contributed by atoms with Gasteiger partial charge >= 0.3 is 6.16 Å². The van der Waals surface area contributed by atoms with Gasteiger partial charge in [-0.2, -0.15) is 0 Å². The molecule has 0 spiro atoms. The van der Waals surface area contributed by atoms with Crippen LogP contribution in [0.4, 0.5) is 10.5 Å². The van der Waals surface area contributed by atoms with E-state index in [1.54, 1.807) is 6.07 Å². The summed E-state index contributed by atoms with van der Waals surface area (Å²) in [6, 6.07) is 3.85.